The fourth-order valence-electron chi connectivity index (χ4n) is 5.53. The number of carbonyl (C=O) groups is 2. The number of ether oxygens (including phenoxy) is 2. The third-order valence-electron chi connectivity index (χ3n) is 8.34. The molecule has 15 heteroatoms. The molecule has 254 valence electrons. The molecular formula is C35H28ClF2N7O5. The van der Waals surface area contributed by atoms with E-state index in [1.54, 1.807) is 37.5 Å². The zero-order chi connectivity index (χ0) is 34.9. The predicted octanol–water partition coefficient (Wildman–Crippen LogP) is 6.07. The summed E-state index contributed by atoms with van der Waals surface area (Å²) in [5.41, 5.74) is 1.94. The Hall–Kier alpha value is -5.73. The normalized spacial score (nSPS) is 14.0. The SMILES string of the molecule is Cn1nccc1NC(=O)c1cc(Cl)c(COc2cccc(-c3cc(F)c(Cc4nc5ccc(C(=O)O)cc5n4CC4CCO4)cc3F)n2)cn1. The molecule has 0 spiro atoms. The van der Waals surface area contributed by atoms with Crippen LogP contribution in [-0.4, -0.2) is 59.0 Å². The molecule has 1 aliphatic rings. The molecule has 4 aromatic heterocycles. The lowest BCUT2D eigenvalue weighted by Gasteiger charge is -2.27. The van der Waals surface area contributed by atoms with Gasteiger partial charge in [-0.15, -0.1) is 0 Å². The quantitative estimate of drug-likeness (QED) is 0.165. The number of rotatable bonds is 11. The Morgan fingerprint density at radius 3 is 2.64 bits per heavy atom. The monoisotopic (exact) mass is 699 g/mol. The fraction of sp³-hybridized carbons (Fsp3) is 0.200. The summed E-state index contributed by atoms with van der Waals surface area (Å²) in [4.78, 5) is 37.4. The first kappa shape index (κ1) is 32.8. The molecule has 1 unspecified atom stereocenters. The number of carboxylic acid groups (broad SMARTS) is 1. The van der Waals surface area contributed by atoms with Gasteiger partial charge in [0.15, 0.2) is 0 Å². The molecule has 12 nitrogen and oxygen atoms in total. The second kappa shape index (κ2) is 13.6. The van der Waals surface area contributed by atoms with Gasteiger partial charge in [-0.25, -0.2) is 23.5 Å². The van der Waals surface area contributed by atoms with Crippen molar-refractivity contribution in [1.29, 1.82) is 0 Å². The van der Waals surface area contributed by atoms with Crippen LogP contribution in [0.1, 0.15) is 44.2 Å². The van der Waals surface area contributed by atoms with E-state index in [0.29, 0.717) is 41.4 Å². The molecule has 1 atom stereocenters. The zero-order valence-electron chi connectivity index (χ0n) is 26.4. The third-order valence-corrected chi connectivity index (χ3v) is 8.69. The van der Waals surface area contributed by atoms with E-state index < -0.39 is 23.5 Å². The maximum Gasteiger partial charge on any atom is 0.335 e. The van der Waals surface area contributed by atoms with Gasteiger partial charge in [-0.3, -0.25) is 14.5 Å². The molecule has 1 aliphatic heterocycles. The molecule has 0 radical (unpaired) electrons. The van der Waals surface area contributed by atoms with E-state index in [0.717, 1.165) is 18.6 Å². The summed E-state index contributed by atoms with van der Waals surface area (Å²) in [5.74, 6) is -1.83. The Balaban J connectivity index is 1.07. The lowest BCUT2D eigenvalue weighted by molar-refractivity contribution is -0.0589. The molecule has 0 bridgehead atoms. The number of carboxylic acids is 1. The number of anilines is 1. The van der Waals surface area contributed by atoms with Gasteiger partial charge in [-0.2, -0.15) is 5.10 Å². The smallest absolute Gasteiger partial charge is 0.335 e. The van der Waals surface area contributed by atoms with Gasteiger partial charge >= 0.3 is 5.97 Å². The van der Waals surface area contributed by atoms with Crippen molar-refractivity contribution in [3.05, 3.63) is 118 Å². The van der Waals surface area contributed by atoms with E-state index in [-0.39, 0.29) is 58.1 Å². The first-order valence-electron chi connectivity index (χ1n) is 15.5. The summed E-state index contributed by atoms with van der Waals surface area (Å²) in [6.45, 7) is 0.976. The number of halogens is 3. The van der Waals surface area contributed by atoms with Crippen LogP contribution in [0.2, 0.25) is 5.02 Å². The van der Waals surface area contributed by atoms with Gasteiger partial charge in [0, 0.05) is 49.5 Å². The molecule has 0 saturated carbocycles. The van der Waals surface area contributed by atoms with Crippen LogP contribution in [0, 0.1) is 11.6 Å². The fourth-order valence-corrected chi connectivity index (χ4v) is 5.74. The van der Waals surface area contributed by atoms with Crippen LogP contribution < -0.4 is 10.1 Å². The number of aryl methyl sites for hydroxylation is 1. The van der Waals surface area contributed by atoms with E-state index >= 15 is 8.78 Å². The van der Waals surface area contributed by atoms with E-state index in [4.69, 9.17) is 21.1 Å². The van der Waals surface area contributed by atoms with Crippen LogP contribution in [-0.2, 0) is 31.4 Å². The minimum Gasteiger partial charge on any atom is -0.478 e. The van der Waals surface area contributed by atoms with Crippen molar-refractivity contribution in [3.8, 4) is 17.1 Å². The second-order valence-corrected chi connectivity index (χ2v) is 12.0. The van der Waals surface area contributed by atoms with Crippen LogP contribution >= 0.6 is 11.6 Å². The van der Waals surface area contributed by atoms with Gasteiger partial charge in [0.25, 0.3) is 5.91 Å². The highest BCUT2D eigenvalue weighted by Gasteiger charge is 2.24. The topological polar surface area (TPSA) is 146 Å². The first-order valence-corrected chi connectivity index (χ1v) is 15.9. The molecular weight excluding hydrogens is 672 g/mol. The summed E-state index contributed by atoms with van der Waals surface area (Å²) < 4.78 is 45.9. The molecule has 1 amide bonds. The summed E-state index contributed by atoms with van der Waals surface area (Å²) in [6.07, 6.45) is 3.67. The molecule has 2 N–H and O–H groups in total. The van der Waals surface area contributed by atoms with E-state index in [2.05, 4.69) is 25.4 Å². The Kier molecular flexibility index (Phi) is 8.95. The molecule has 50 heavy (non-hydrogen) atoms. The number of pyridine rings is 2. The average molecular weight is 700 g/mol. The van der Waals surface area contributed by atoms with Crippen molar-refractivity contribution in [2.45, 2.75) is 32.1 Å². The van der Waals surface area contributed by atoms with Crippen molar-refractivity contribution in [2.24, 2.45) is 7.05 Å². The van der Waals surface area contributed by atoms with Crippen molar-refractivity contribution in [3.63, 3.8) is 0 Å². The molecule has 5 heterocycles. The number of hydrogen-bond donors (Lipinski definition) is 2. The maximum atomic E-state index is 15.6. The van der Waals surface area contributed by atoms with Crippen molar-refractivity contribution >= 4 is 40.3 Å². The number of aromatic nitrogens is 6. The van der Waals surface area contributed by atoms with Crippen molar-refractivity contribution < 1.29 is 33.0 Å². The molecule has 1 saturated heterocycles. The number of nitrogens with zero attached hydrogens (tertiary/aromatic N) is 6. The van der Waals surface area contributed by atoms with Gasteiger partial charge in [-0.05, 0) is 54.4 Å². The summed E-state index contributed by atoms with van der Waals surface area (Å²) in [5, 5.41) is 16.4. The lowest BCUT2D eigenvalue weighted by atomic mass is 10.0. The summed E-state index contributed by atoms with van der Waals surface area (Å²) >= 11 is 6.41. The van der Waals surface area contributed by atoms with Gasteiger partial charge in [0.1, 0.15) is 35.6 Å². The van der Waals surface area contributed by atoms with Crippen LogP contribution in [0.5, 0.6) is 5.88 Å². The van der Waals surface area contributed by atoms with E-state index in [9.17, 15) is 14.7 Å². The molecule has 1 fully saturated rings. The second-order valence-electron chi connectivity index (χ2n) is 11.6. The molecule has 2 aromatic carbocycles. The van der Waals surface area contributed by atoms with Crippen molar-refractivity contribution in [2.75, 3.05) is 11.9 Å². The molecule has 6 aromatic rings. The van der Waals surface area contributed by atoms with Crippen LogP contribution in [0.15, 0.2) is 73.1 Å². The Morgan fingerprint density at radius 2 is 1.92 bits per heavy atom. The van der Waals surface area contributed by atoms with Gasteiger partial charge in [-0.1, -0.05) is 17.7 Å². The number of nitrogens with one attached hydrogen (secondary N) is 1. The highest BCUT2D eigenvalue weighted by atomic mass is 35.5. The van der Waals surface area contributed by atoms with Crippen LogP contribution in [0.4, 0.5) is 14.6 Å². The average Bonchev–Trinajstić information content (AvgIpc) is 3.64. The van der Waals surface area contributed by atoms with Crippen molar-refractivity contribution in [1.82, 2.24) is 29.3 Å². The Bertz CT molecular complexity index is 2270. The predicted molar refractivity (Wildman–Crippen MR) is 178 cm³/mol. The number of benzene rings is 2. The number of hydrogen-bond acceptors (Lipinski definition) is 8. The van der Waals surface area contributed by atoms with Gasteiger partial charge in [0.2, 0.25) is 5.88 Å². The number of imidazole rings is 1. The summed E-state index contributed by atoms with van der Waals surface area (Å²) in [7, 11) is 1.69. The largest absolute Gasteiger partial charge is 0.478 e. The Morgan fingerprint density at radius 1 is 1.08 bits per heavy atom. The number of amides is 1. The Labute approximate surface area is 288 Å². The maximum absolute atomic E-state index is 15.6. The van der Waals surface area contributed by atoms with E-state index in [1.807, 2.05) is 4.57 Å². The first-order chi connectivity index (χ1) is 24.1. The lowest BCUT2D eigenvalue weighted by Crippen LogP contribution is -2.31. The van der Waals surface area contributed by atoms with Gasteiger partial charge in [0.05, 0.1) is 46.2 Å². The minimum atomic E-state index is -1.08. The highest BCUT2D eigenvalue weighted by Crippen LogP contribution is 2.29. The van der Waals surface area contributed by atoms with E-state index in [1.165, 1.54) is 35.1 Å². The minimum absolute atomic E-state index is 0.0397. The molecule has 0 aliphatic carbocycles. The van der Waals surface area contributed by atoms with Gasteiger partial charge < -0.3 is 24.5 Å². The standard InChI is InChI=1S/C35H28ClF2N7O5/c1-44-31(7-9-40-44)43-34(46)29-15-24(36)21(16-39-29)18-50-33-4-2-3-27(42-33)23-14-25(37)20(11-26(23)38)13-32-41-28-6-5-19(35(47)48)12-30(28)45(32)17-22-8-10-49-22/h2-7,9,11-12,14-16,22H,8,10,13,17-18H2,1H3,(H,43,46)(H,47,48). The zero-order valence-corrected chi connectivity index (χ0v) is 27.2. The van der Waals surface area contributed by atoms with Crippen LogP contribution in [0.3, 0.4) is 0 Å². The third kappa shape index (κ3) is 6.75. The number of carbonyl (C=O) groups excluding carboxylic acids is 1. The van der Waals surface area contributed by atoms with Crippen LogP contribution in [0.25, 0.3) is 22.3 Å². The number of fused-ring (bicyclic) bond motifs is 1. The summed E-state index contributed by atoms with van der Waals surface area (Å²) in [6, 6.07) is 14.5. The highest BCUT2D eigenvalue weighted by molar-refractivity contribution is 6.31. The molecule has 7 rings (SSSR count). The number of aromatic carboxylic acids is 1.